The van der Waals surface area contributed by atoms with Crippen LogP contribution in [0.25, 0.3) is 0 Å². The largest absolute Gasteiger partial charge is 0.381 e. The van der Waals surface area contributed by atoms with Crippen molar-refractivity contribution in [2.45, 2.75) is 57.3 Å². The molecule has 6 heteroatoms. The van der Waals surface area contributed by atoms with Gasteiger partial charge in [0, 0.05) is 12.0 Å². The Morgan fingerprint density at radius 2 is 1.87 bits per heavy atom. The molecule has 23 heavy (non-hydrogen) atoms. The van der Waals surface area contributed by atoms with Crippen molar-refractivity contribution in [1.29, 1.82) is 0 Å². The quantitative estimate of drug-likeness (QED) is 0.810. The van der Waals surface area contributed by atoms with Gasteiger partial charge < -0.3 is 10.1 Å². The maximum Gasteiger partial charge on any atom is 0.228 e. The van der Waals surface area contributed by atoms with Gasteiger partial charge in [-0.3, -0.25) is 4.79 Å². The van der Waals surface area contributed by atoms with E-state index in [0.717, 1.165) is 22.8 Å². The van der Waals surface area contributed by atoms with Gasteiger partial charge in [0.05, 0.1) is 13.0 Å². The van der Waals surface area contributed by atoms with Crippen LogP contribution in [0.4, 0.5) is 5.13 Å². The molecular weight excluding hydrogens is 310 g/mol. The maximum absolute atomic E-state index is 11.9. The second-order valence-corrected chi connectivity index (χ2v) is 8.58. The summed E-state index contributed by atoms with van der Waals surface area (Å²) in [4.78, 5) is 11.9. The topological polar surface area (TPSA) is 64.1 Å². The zero-order valence-electron chi connectivity index (χ0n) is 13.7. The Kier molecular flexibility index (Phi) is 4.13. The van der Waals surface area contributed by atoms with Crippen molar-refractivity contribution in [3.05, 3.63) is 5.01 Å². The first-order chi connectivity index (χ1) is 11.2. The second-order valence-electron chi connectivity index (χ2n) is 7.61. The zero-order chi connectivity index (χ0) is 15.9. The summed E-state index contributed by atoms with van der Waals surface area (Å²) in [5, 5.41) is 13.4. The van der Waals surface area contributed by atoms with Gasteiger partial charge in [0.2, 0.25) is 11.0 Å². The number of hydrogen-bond donors (Lipinski definition) is 1. The predicted molar refractivity (Wildman–Crippen MR) is 89.5 cm³/mol. The molecule has 4 aliphatic rings. The summed E-state index contributed by atoms with van der Waals surface area (Å²) in [5.74, 6) is 2.66. The number of aromatic nitrogens is 2. The third kappa shape index (κ3) is 3.03. The summed E-state index contributed by atoms with van der Waals surface area (Å²) in [6.45, 7) is 3.03. The summed E-state index contributed by atoms with van der Waals surface area (Å²) in [5.41, 5.74) is 0.265. The third-order valence-electron chi connectivity index (χ3n) is 5.84. The first-order valence-electron chi connectivity index (χ1n) is 8.88. The maximum atomic E-state index is 11.9. The van der Waals surface area contributed by atoms with Crippen molar-refractivity contribution in [2.24, 2.45) is 17.8 Å². The molecule has 5 nitrogen and oxygen atoms in total. The molecule has 0 saturated heterocycles. The Hall–Kier alpha value is -1.01. The van der Waals surface area contributed by atoms with Gasteiger partial charge in [-0.1, -0.05) is 11.3 Å². The molecule has 1 heterocycles. The fraction of sp³-hybridized carbons (Fsp3) is 0.824. The summed E-state index contributed by atoms with van der Waals surface area (Å²) >= 11 is 1.59. The number of anilines is 1. The molecule has 4 fully saturated rings. The minimum Gasteiger partial charge on any atom is -0.381 e. The van der Waals surface area contributed by atoms with Crippen LogP contribution >= 0.6 is 11.3 Å². The van der Waals surface area contributed by atoms with Crippen molar-refractivity contribution >= 4 is 22.4 Å². The highest BCUT2D eigenvalue weighted by atomic mass is 32.1. The molecule has 1 amide bonds. The highest BCUT2D eigenvalue weighted by molar-refractivity contribution is 7.15. The number of carbonyl (C=O) groups is 1. The molecule has 0 atom stereocenters. The number of nitrogens with one attached hydrogen (secondary N) is 1. The van der Waals surface area contributed by atoms with E-state index in [1.807, 2.05) is 6.92 Å². The van der Waals surface area contributed by atoms with E-state index in [1.54, 1.807) is 11.3 Å². The van der Waals surface area contributed by atoms with Crippen LogP contribution in [-0.2, 0) is 14.9 Å². The van der Waals surface area contributed by atoms with E-state index in [1.165, 1.54) is 38.5 Å². The van der Waals surface area contributed by atoms with Gasteiger partial charge in [0.15, 0.2) is 0 Å². The first kappa shape index (κ1) is 15.5. The normalized spacial score (nSPS) is 34.7. The molecule has 126 valence electrons. The van der Waals surface area contributed by atoms with Gasteiger partial charge in [0.1, 0.15) is 5.01 Å². The third-order valence-corrected chi connectivity index (χ3v) is 6.93. The van der Waals surface area contributed by atoms with Crippen LogP contribution in [0.1, 0.15) is 56.9 Å². The number of nitrogens with zero attached hydrogens (tertiary/aromatic N) is 2. The number of hydrogen-bond acceptors (Lipinski definition) is 5. The van der Waals surface area contributed by atoms with Crippen molar-refractivity contribution in [3.63, 3.8) is 0 Å². The lowest BCUT2D eigenvalue weighted by Crippen LogP contribution is -2.48. The molecular formula is C17H25N3O2S. The molecule has 0 aromatic carbocycles. The molecule has 0 spiro atoms. The summed E-state index contributed by atoms with van der Waals surface area (Å²) in [6, 6.07) is 0. The molecule has 4 saturated carbocycles. The van der Waals surface area contributed by atoms with Gasteiger partial charge in [-0.15, -0.1) is 10.2 Å². The lowest BCUT2D eigenvalue weighted by molar-refractivity contribution is -0.117. The van der Waals surface area contributed by atoms with Gasteiger partial charge in [-0.05, 0) is 63.2 Å². The molecule has 1 aromatic rings. The van der Waals surface area contributed by atoms with Crippen molar-refractivity contribution < 1.29 is 9.53 Å². The summed E-state index contributed by atoms with van der Waals surface area (Å²) in [6.07, 6.45) is 8.51. The van der Waals surface area contributed by atoms with Crippen molar-refractivity contribution in [3.8, 4) is 0 Å². The average molecular weight is 335 g/mol. The van der Waals surface area contributed by atoms with Gasteiger partial charge >= 0.3 is 0 Å². The lowest BCUT2D eigenvalue weighted by Gasteiger charge is -2.55. The SMILES string of the molecule is CCOCCC(=O)Nc1nnc(C23CC4CC(CC(C4)C2)C3)s1. The molecule has 4 aliphatic carbocycles. The minimum atomic E-state index is -0.0355. The molecule has 0 radical (unpaired) electrons. The number of rotatable bonds is 6. The Morgan fingerprint density at radius 3 is 2.48 bits per heavy atom. The number of amides is 1. The predicted octanol–water partition coefficient (Wildman–Crippen LogP) is 3.37. The van der Waals surface area contributed by atoms with Crippen LogP contribution in [0.15, 0.2) is 0 Å². The van der Waals surface area contributed by atoms with E-state index in [0.29, 0.717) is 24.8 Å². The smallest absolute Gasteiger partial charge is 0.228 e. The van der Waals surface area contributed by atoms with Crippen LogP contribution < -0.4 is 5.32 Å². The number of carbonyl (C=O) groups excluding carboxylic acids is 1. The van der Waals surface area contributed by atoms with E-state index in [-0.39, 0.29) is 11.3 Å². The Bertz CT molecular complexity index is 551. The molecule has 5 rings (SSSR count). The van der Waals surface area contributed by atoms with Gasteiger partial charge in [0.25, 0.3) is 0 Å². The monoisotopic (exact) mass is 335 g/mol. The number of ether oxygens (including phenoxy) is 1. The van der Waals surface area contributed by atoms with Crippen LogP contribution in [0.3, 0.4) is 0 Å². The molecule has 0 unspecified atom stereocenters. The summed E-state index contributed by atoms with van der Waals surface area (Å²) < 4.78 is 5.22. The van der Waals surface area contributed by atoms with Crippen LogP contribution in [0.2, 0.25) is 0 Å². The first-order valence-corrected chi connectivity index (χ1v) is 9.70. The van der Waals surface area contributed by atoms with E-state index in [2.05, 4.69) is 15.5 Å². The van der Waals surface area contributed by atoms with E-state index >= 15 is 0 Å². The van der Waals surface area contributed by atoms with Crippen LogP contribution in [-0.4, -0.2) is 29.3 Å². The van der Waals surface area contributed by atoms with Crippen LogP contribution in [0, 0.1) is 17.8 Å². The lowest BCUT2D eigenvalue weighted by atomic mass is 9.50. The van der Waals surface area contributed by atoms with Gasteiger partial charge in [-0.2, -0.15) is 0 Å². The average Bonchev–Trinajstić information content (AvgIpc) is 2.95. The highest BCUT2D eigenvalue weighted by Gasteiger charge is 2.53. The summed E-state index contributed by atoms with van der Waals surface area (Å²) in [7, 11) is 0. The van der Waals surface area contributed by atoms with E-state index in [4.69, 9.17) is 4.74 Å². The molecule has 4 bridgehead atoms. The molecule has 0 aliphatic heterocycles. The Labute approximate surface area is 141 Å². The standard InChI is InChI=1S/C17H25N3O2S/c1-2-22-4-3-14(21)18-16-20-19-15(23-16)17-8-11-5-12(9-17)7-13(6-11)10-17/h11-13H,2-10H2,1H3,(H,18,20,21). The van der Waals surface area contributed by atoms with Crippen molar-refractivity contribution in [2.75, 3.05) is 18.5 Å². The van der Waals surface area contributed by atoms with E-state index < -0.39 is 0 Å². The fourth-order valence-electron chi connectivity index (χ4n) is 5.35. The van der Waals surface area contributed by atoms with Crippen molar-refractivity contribution in [1.82, 2.24) is 10.2 Å². The minimum absolute atomic E-state index is 0.0355. The highest BCUT2D eigenvalue weighted by Crippen LogP contribution is 2.61. The molecule has 1 N–H and O–H groups in total. The van der Waals surface area contributed by atoms with Crippen LogP contribution in [0.5, 0.6) is 0 Å². The Balaban J connectivity index is 1.43. The zero-order valence-corrected chi connectivity index (χ0v) is 14.5. The second kappa shape index (κ2) is 6.13. The molecule has 1 aromatic heterocycles. The Morgan fingerprint density at radius 1 is 1.22 bits per heavy atom. The van der Waals surface area contributed by atoms with E-state index in [9.17, 15) is 4.79 Å². The van der Waals surface area contributed by atoms with Gasteiger partial charge in [-0.25, -0.2) is 0 Å². The fourth-order valence-corrected chi connectivity index (χ4v) is 6.33.